The number of rotatable bonds is 5. The summed E-state index contributed by atoms with van der Waals surface area (Å²) < 4.78 is 0. The minimum absolute atomic E-state index is 0.0171. The smallest absolute Gasteiger partial charge is 0.251 e. The molecule has 0 bridgehead atoms. The molecule has 1 aliphatic rings. The second-order valence-electron chi connectivity index (χ2n) is 7.58. The van der Waals surface area contributed by atoms with E-state index in [0.717, 1.165) is 30.8 Å². The Hall–Kier alpha value is -2.66. The molecule has 3 rings (SSSR count). The van der Waals surface area contributed by atoms with Crippen molar-refractivity contribution in [1.82, 2.24) is 15.1 Å². The van der Waals surface area contributed by atoms with Crippen LogP contribution < -0.4 is 5.32 Å². The second kappa shape index (κ2) is 9.02. The maximum absolute atomic E-state index is 12.7. The molecule has 1 atom stereocenters. The van der Waals surface area contributed by atoms with Gasteiger partial charge >= 0.3 is 0 Å². The normalized spacial score (nSPS) is 15.9. The summed E-state index contributed by atoms with van der Waals surface area (Å²) in [5.74, 6) is -0.219. The molecule has 1 N–H and O–H groups in total. The Kier molecular flexibility index (Phi) is 6.47. The molecule has 0 saturated carbocycles. The Bertz CT molecular complexity index is 827. The predicted octanol–water partition coefficient (Wildman–Crippen LogP) is 2.77. The molecule has 1 heterocycles. The van der Waals surface area contributed by atoms with Crippen LogP contribution in [0, 0.1) is 13.8 Å². The minimum Gasteiger partial charge on any atom is -0.341 e. The van der Waals surface area contributed by atoms with Crippen LogP contribution in [0.4, 0.5) is 0 Å². The Morgan fingerprint density at radius 3 is 2.29 bits per heavy atom. The van der Waals surface area contributed by atoms with Crippen molar-refractivity contribution in [3.63, 3.8) is 0 Å². The van der Waals surface area contributed by atoms with Gasteiger partial charge in [0.05, 0.1) is 0 Å². The topological polar surface area (TPSA) is 52.7 Å². The molecule has 0 aromatic heterocycles. The summed E-state index contributed by atoms with van der Waals surface area (Å²) in [5.41, 5.74) is 4.10. The van der Waals surface area contributed by atoms with Crippen molar-refractivity contribution in [1.29, 1.82) is 0 Å². The summed E-state index contributed by atoms with van der Waals surface area (Å²) in [6.07, 6.45) is 0. The van der Waals surface area contributed by atoms with Crippen LogP contribution in [0.25, 0.3) is 0 Å². The first-order chi connectivity index (χ1) is 13.4. The van der Waals surface area contributed by atoms with Gasteiger partial charge in [-0.1, -0.05) is 36.4 Å². The van der Waals surface area contributed by atoms with Gasteiger partial charge in [0.2, 0.25) is 5.91 Å². The van der Waals surface area contributed by atoms with Crippen molar-refractivity contribution in [3.8, 4) is 0 Å². The van der Waals surface area contributed by atoms with Crippen LogP contribution in [0.3, 0.4) is 0 Å². The van der Waals surface area contributed by atoms with E-state index < -0.39 is 6.04 Å². The van der Waals surface area contributed by atoms with Gasteiger partial charge in [-0.25, -0.2) is 0 Å². The van der Waals surface area contributed by atoms with Gasteiger partial charge in [0, 0.05) is 38.3 Å². The third kappa shape index (κ3) is 4.98. The molecule has 1 fully saturated rings. The SMILES string of the molecule is Cc1ccc(C(=O)N[C@@H](C)C(=O)N2CCN(Cc3ccccc3)CC2)cc1C. The summed E-state index contributed by atoms with van der Waals surface area (Å²) in [5, 5.41) is 2.85. The highest BCUT2D eigenvalue weighted by Gasteiger charge is 2.26. The number of benzene rings is 2. The molecule has 0 aliphatic carbocycles. The molecule has 0 unspecified atom stereocenters. The number of carbonyl (C=O) groups excluding carboxylic acids is 2. The van der Waals surface area contributed by atoms with Crippen molar-refractivity contribution in [2.75, 3.05) is 26.2 Å². The van der Waals surface area contributed by atoms with Crippen LogP contribution in [0.5, 0.6) is 0 Å². The second-order valence-corrected chi connectivity index (χ2v) is 7.58. The average Bonchev–Trinajstić information content (AvgIpc) is 2.70. The lowest BCUT2D eigenvalue weighted by Crippen LogP contribution is -2.53. The van der Waals surface area contributed by atoms with Gasteiger partial charge in [-0.05, 0) is 49.6 Å². The van der Waals surface area contributed by atoms with Crippen LogP contribution in [0.1, 0.15) is 34.0 Å². The fourth-order valence-corrected chi connectivity index (χ4v) is 3.47. The predicted molar refractivity (Wildman–Crippen MR) is 111 cm³/mol. The Balaban J connectivity index is 1.50. The van der Waals surface area contributed by atoms with Gasteiger partial charge in [0.25, 0.3) is 5.91 Å². The van der Waals surface area contributed by atoms with E-state index in [2.05, 4.69) is 34.5 Å². The van der Waals surface area contributed by atoms with Crippen LogP contribution in [-0.2, 0) is 11.3 Å². The molecule has 1 saturated heterocycles. The highest BCUT2D eigenvalue weighted by Crippen LogP contribution is 2.12. The van der Waals surface area contributed by atoms with Crippen molar-refractivity contribution >= 4 is 11.8 Å². The summed E-state index contributed by atoms with van der Waals surface area (Å²) in [6, 6.07) is 15.4. The van der Waals surface area contributed by atoms with Gasteiger partial charge in [-0.2, -0.15) is 0 Å². The molecule has 2 aromatic carbocycles. The van der Waals surface area contributed by atoms with E-state index in [9.17, 15) is 9.59 Å². The largest absolute Gasteiger partial charge is 0.341 e. The number of carbonyl (C=O) groups is 2. The lowest BCUT2D eigenvalue weighted by Gasteiger charge is -2.36. The van der Waals surface area contributed by atoms with Crippen molar-refractivity contribution < 1.29 is 9.59 Å². The lowest BCUT2D eigenvalue weighted by atomic mass is 10.1. The molecule has 0 spiro atoms. The van der Waals surface area contributed by atoms with E-state index >= 15 is 0 Å². The number of hydrogen-bond acceptors (Lipinski definition) is 3. The van der Waals surface area contributed by atoms with E-state index in [0.29, 0.717) is 18.7 Å². The first-order valence-corrected chi connectivity index (χ1v) is 9.87. The van der Waals surface area contributed by atoms with Crippen LogP contribution >= 0.6 is 0 Å². The number of piperazine rings is 1. The maximum atomic E-state index is 12.7. The molecule has 2 aromatic rings. The summed E-state index contributed by atoms with van der Waals surface area (Å²) >= 11 is 0. The van der Waals surface area contributed by atoms with Gasteiger partial charge < -0.3 is 10.2 Å². The van der Waals surface area contributed by atoms with E-state index in [1.165, 1.54) is 5.56 Å². The minimum atomic E-state index is -0.533. The van der Waals surface area contributed by atoms with E-state index in [1.807, 2.05) is 36.9 Å². The third-order valence-corrected chi connectivity index (χ3v) is 5.42. The van der Waals surface area contributed by atoms with E-state index in [1.54, 1.807) is 13.0 Å². The number of amides is 2. The average molecular weight is 380 g/mol. The maximum Gasteiger partial charge on any atom is 0.251 e. The summed E-state index contributed by atoms with van der Waals surface area (Å²) in [6.45, 7) is 9.73. The van der Waals surface area contributed by atoms with Crippen molar-refractivity contribution in [3.05, 3.63) is 70.8 Å². The monoisotopic (exact) mass is 379 g/mol. The van der Waals surface area contributed by atoms with Gasteiger partial charge in [0.15, 0.2) is 0 Å². The lowest BCUT2D eigenvalue weighted by molar-refractivity contribution is -0.134. The zero-order valence-corrected chi connectivity index (χ0v) is 16.9. The molecule has 5 heteroatoms. The Morgan fingerprint density at radius 2 is 1.64 bits per heavy atom. The number of nitrogens with zero attached hydrogens (tertiary/aromatic N) is 2. The Morgan fingerprint density at radius 1 is 0.964 bits per heavy atom. The van der Waals surface area contributed by atoms with Crippen LogP contribution in [0.15, 0.2) is 48.5 Å². The van der Waals surface area contributed by atoms with E-state index in [-0.39, 0.29) is 11.8 Å². The first kappa shape index (κ1) is 20.1. The molecule has 1 aliphatic heterocycles. The first-order valence-electron chi connectivity index (χ1n) is 9.87. The van der Waals surface area contributed by atoms with Gasteiger partial charge in [0.1, 0.15) is 6.04 Å². The summed E-state index contributed by atoms with van der Waals surface area (Å²) in [7, 11) is 0. The number of nitrogens with one attached hydrogen (secondary N) is 1. The van der Waals surface area contributed by atoms with Crippen LogP contribution in [0.2, 0.25) is 0 Å². The van der Waals surface area contributed by atoms with Gasteiger partial charge in [-0.15, -0.1) is 0 Å². The molecular weight excluding hydrogens is 350 g/mol. The summed E-state index contributed by atoms with van der Waals surface area (Å²) in [4.78, 5) is 29.4. The third-order valence-electron chi connectivity index (χ3n) is 5.42. The molecule has 2 amide bonds. The van der Waals surface area contributed by atoms with Crippen molar-refractivity contribution in [2.24, 2.45) is 0 Å². The zero-order chi connectivity index (χ0) is 20.1. The highest BCUT2D eigenvalue weighted by atomic mass is 16.2. The molecule has 5 nitrogen and oxygen atoms in total. The number of hydrogen-bond donors (Lipinski definition) is 1. The van der Waals surface area contributed by atoms with Crippen molar-refractivity contribution in [2.45, 2.75) is 33.4 Å². The molecule has 0 radical (unpaired) electrons. The molecule has 28 heavy (non-hydrogen) atoms. The van der Waals surface area contributed by atoms with E-state index in [4.69, 9.17) is 0 Å². The highest BCUT2D eigenvalue weighted by molar-refractivity contribution is 5.97. The van der Waals surface area contributed by atoms with Crippen LogP contribution in [-0.4, -0.2) is 53.8 Å². The zero-order valence-electron chi connectivity index (χ0n) is 16.9. The standard InChI is InChI=1S/C23H29N3O2/c1-17-9-10-21(15-18(17)2)22(27)24-19(3)23(28)26-13-11-25(12-14-26)16-20-7-5-4-6-8-20/h4-10,15,19H,11-14,16H2,1-3H3,(H,24,27)/t19-/m0/s1. The fraction of sp³-hybridized carbons (Fsp3) is 0.391. The fourth-order valence-electron chi connectivity index (χ4n) is 3.47. The Labute approximate surface area is 167 Å². The van der Waals surface area contributed by atoms with Gasteiger partial charge in [-0.3, -0.25) is 14.5 Å². The quantitative estimate of drug-likeness (QED) is 0.869. The molecule has 148 valence electrons. The molecular formula is C23H29N3O2. The number of aryl methyl sites for hydroxylation is 2.